The second kappa shape index (κ2) is 5.11. The monoisotopic (exact) mass is 281 g/mol. The molecule has 1 fully saturated rings. The van der Waals surface area contributed by atoms with E-state index < -0.39 is 0 Å². The van der Waals surface area contributed by atoms with E-state index in [2.05, 4.69) is 51.4 Å². The minimum atomic E-state index is 0.0662. The van der Waals surface area contributed by atoms with E-state index in [9.17, 15) is 0 Å². The molecule has 16 heavy (non-hydrogen) atoms. The maximum absolute atomic E-state index is 5.45. The third-order valence-corrected chi connectivity index (χ3v) is 3.65. The summed E-state index contributed by atoms with van der Waals surface area (Å²) in [5.74, 6) is 0. The molecule has 1 heterocycles. The van der Waals surface area contributed by atoms with Crippen LogP contribution >= 0.6 is 15.9 Å². The highest BCUT2D eigenvalue weighted by Gasteiger charge is 2.32. The van der Waals surface area contributed by atoms with Gasteiger partial charge >= 0.3 is 0 Å². The van der Waals surface area contributed by atoms with Gasteiger partial charge < -0.3 is 4.74 Å². The summed E-state index contributed by atoms with van der Waals surface area (Å²) in [6.45, 7) is 1.64. The van der Waals surface area contributed by atoms with Crippen molar-refractivity contribution >= 4 is 22.1 Å². The molecule has 0 bridgehead atoms. The van der Waals surface area contributed by atoms with Crippen molar-refractivity contribution in [1.29, 1.82) is 0 Å². The Balaban J connectivity index is 2.38. The van der Waals surface area contributed by atoms with E-state index in [0.29, 0.717) is 0 Å². The van der Waals surface area contributed by atoms with E-state index in [-0.39, 0.29) is 5.41 Å². The minimum absolute atomic E-state index is 0.0662. The third kappa shape index (κ3) is 2.36. The van der Waals surface area contributed by atoms with Crippen LogP contribution in [0.2, 0.25) is 0 Å². The summed E-state index contributed by atoms with van der Waals surface area (Å²) in [4.78, 5) is 4.24. The van der Waals surface area contributed by atoms with E-state index in [1.54, 1.807) is 0 Å². The molecule has 0 saturated carbocycles. The van der Waals surface area contributed by atoms with Crippen LogP contribution in [0.15, 0.2) is 33.7 Å². The topological polar surface area (TPSA) is 21.6 Å². The molecule has 0 aliphatic carbocycles. The van der Waals surface area contributed by atoms with Crippen LogP contribution in [0.25, 0.3) is 0 Å². The molecular weight excluding hydrogens is 266 g/mol. The van der Waals surface area contributed by atoms with Gasteiger partial charge in [0, 0.05) is 36.4 Å². The van der Waals surface area contributed by atoms with Crippen LogP contribution < -0.4 is 0 Å². The van der Waals surface area contributed by atoms with E-state index >= 15 is 0 Å². The minimum Gasteiger partial charge on any atom is -0.381 e. The fourth-order valence-electron chi connectivity index (χ4n) is 2.27. The van der Waals surface area contributed by atoms with Gasteiger partial charge in [0.05, 0.1) is 0 Å². The van der Waals surface area contributed by atoms with Gasteiger partial charge in [0.25, 0.3) is 0 Å². The van der Waals surface area contributed by atoms with Gasteiger partial charge in [-0.15, -0.1) is 0 Å². The largest absolute Gasteiger partial charge is 0.381 e. The van der Waals surface area contributed by atoms with Crippen molar-refractivity contribution in [2.45, 2.75) is 18.3 Å². The van der Waals surface area contributed by atoms with E-state index in [1.165, 1.54) is 5.56 Å². The molecule has 0 unspecified atom stereocenters. The van der Waals surface area contributed by atoms with Gasteiger partial charge in [0.1, 0.15) is 0 Å². The first-order valence-electron chi connectivity index (χ1n) is 5.54. The molecule has 2 nitrogen and oxygen atoms in total. The summed E-state index contributed by atoms with van der Waals surface area (Å²) in [7, 11) is 1.84. The lowest BCUT2D eigenvalue weighted by molar-refractivity contribution is 0.0721. The molecule has 0 aromatic heterocycles. The van der Waals surface area contributed by atoms with Crippen molar-refractivity contribution in [3.8, 4) is 0 Å². The van der Waals surface area contributed by atoms with Crippen LogP contribution in [0, 0.1) is 0 Å². The summed E-state index contributed by atoms with van der Waals surface area (Å²) in [6, 6.07) is 8.50. The first-order chi connectivity index (χ1) is 7.77. The Bertz CT molecular complexity index is 383. The van der Waals surface area contributed by atoms with Crippen molar-refractivity contribution in [2.24, 2.45) is 4.99 Å². The maximum Gasteiger partial charge on any atom is 0.0478 e. The predicted molar refractivity (Wildman–Crippen MR) is 70.3 cm³/mol. The molecule has 0 atom stereocenters. The Morgan fingerprint density at radius 1 is 1.38 bits per heavy atom. The number of ether oxygens (including phenoxy) is 1. The van der Waals surface area contributed by atoms with Gasteiger partial charge in [-0.05, 0) is 30.5 Å². The fourth-order valence-corrected chi connectivity index (χ4v) is 2.67. The van der Waals surface area contributed by atoms with Gasteiger partial charge in [0.15, 0.2) is 0 Å². The lowest BCUT2D eigenvalue weighted by Crippen LogP contribution is -2.35. The van der Waals surface area contributed by atoms with E-state index in [1.807, 2.05) is 7.05 Å². The molecule has 1 aromatic carbocycles. The van der Waals surface area contributed by atoms with Crippen LogP contribution in [0.1, 0.15) is 18.4 Å². The molecule has 3 heteroatoms. The number of halogens is 1. The summed E-state index contributed by atoms with van der Waals surface area (Å²) >= 11 is 3.53. The average Bonchev–Trinajstić information content (AvgIpc) is 2.31. The first-order valence-corrected chi connectivity index (χ1v) is 6.33. The van der Waals surface area contributed by atoms with Gasteiger partial charge in [-0.25, -0.2) is 0 Å². The van der Waals surface area contributed by atoms with Gasteiger partial charge in [-0.1, -0.05) is 28.1 Å². The Hall–Kier alpha value is -0.670. The van der Waals surface area contributed by atoms with E-state index in [4.69, 9.17) is 4.74 Å². The van der Waals surface area contributed by atoms with E-state index in [0.717, 1.165) is 30.5 Å². The van der Waals surface area contributed by atoms with Crippen molar-refractivity contribution in [2.75, 3.05) is 20.3 Å². The Labute approximate surface area is 105 Å². The van der Waals surface area contributed by atoms with Gasteiger partial charge in [-0.2, -0.15) is 0 Å². The summed E-state index contributed by atoms with van der Waals surface area (Å²) in [6.07, 6.45) is 4.11. The zero-order valence-corrected chi connectivity index (χ0v) is 11.0. The van der Waals surface area contributed by atoms with Crippen molar-refractivity contribution in [3.05, 3.63) is 34.3 Å². The second-order valence-corrected chi connectivity index (χ2v) is 5.08. The maximum atomic E-state index is 5.45. The zero-order chi connectivity index (χ0) is 11.4. The highest BCUT2D eigenvalue weighted by atomic mass is 79.9. The molecule has 0 amide bonds. The Morgan fingerprint density at radius 3 is 2.75 bits per heavy atom. The summed E-state index contributed by atoms with van der Waals surface area (Å²) in [5.41, 5.74) is 1.40. The molecule has 1 aliphatic heterocycles. The number of hydrogen-bond acceptors (Lipinski definition) is 2. The van der Waals surface area contributed by atoms with Crippen LogP contribution in [0.3, 0.4) is 0 Å². The van der Waals surface area contributed by atoms with Crippen LogP contribution in [0.5, 0.6) is 0 Å². The Kier molecular flexibility index (Phi) is 3.77. The number of nitrogens with zero attached hydrogens (tertiary/aromatic N) is 1. The summed E-state index contributed by atoms with van der Waals surface area (Å²) in [5, 5.41) is 0. The highest BCUT2D eigenvalue weighted by Crippen LogP contribution is 2.34. The van der Waals surface area contributed by atoms with Crippen molar-refractivity contribution < 1.29 is 4.74 Å². The summed E-state index contributed by atoms with van der Waals surface area (Å²) < 4.78 is 6.57. The lowest BCUT2D eigenvalue weighted by atomic mass is 9.75. The fraction of sp³-hybridized carbons (Fsp3) is 0.462. The SMILES string of the molecule is CN=CC1(c2cccc(Br)c2)CCOCC1. The standard InChI is InChI=1S/C13H16BrNO/c1-15-10-13(5-7-16-8-6-13)11-3-2-4-12(14)9-11/h2-4,9-10H,5-8H2,1H3. The van der Waals surface area contributed by atoms with Crippen LogP contribution in [-0.2, 0) is 10.2 Å². The normalized spacial score (nSPS) is 20.1. The van der Waals surface area contributed by atoms with Crippen LogP contribution in [-0.4, -0.2) is 26.5 Å². The van der Waals surface area contributed by atoms with Crippen molar-refractivity contribution in [3.63, 3.8) is 0 Å². The predicted octanol–water partition coefficient (Wildman–Crippen LogP) is 3.20. The zero-order valence-electron chi connectivity index (χ0n) is 9.45. The average molecular weight is 282 g/mol. The molecule has 1 saturated heterocycles. The van der Waals surface area contributed by atoms with Gasteiger partial charge in [0.2, 0.25) is 0 Å². The van der Waals surface area contributed by atoms with Crippen LogP contribution in [0.4, 0.5) is 0 Å². The molecule has 0 N–H and O–H groups in total. The second-order valence-electron chi connectivity index (χ2n) is 4.17. The number of hydrogen-bond donors (Lipinski definition) is 0. The molecule has 86 valence electrons. The quantitative estimate of drug-likeness (QED) is 0.763. The number of rotatable bonds is 2. The smallest absolute Gasteiger partial charge is 0.0478 e. The molecule has 0 spiro atoms. The van der Waals surface area contributed by atoms with Crippen molar-refractivity contribution in [1.82, 2.24) is 0 Å². The Morgan fingerprint density at radius 2 is 2.12 bits per heavy atom. The number of aliphatic imine (C=N–C) groups is 1. The molecule has 2 rings (SSSR count). The molecule has 1 aromatic rings. The lowest BCUT2D eigenvalue weighted by Gasteiger charge is -2.34. The molecular formula is C13H16BrNO. The third-order valence-electron chi connectivity index (χ3n) is 3.16. The number of benzene rings is 1. The molecule has 1 aliphatic rings. The highest BCUT2D eigenvalue weighted by molar-refractivity contribution is 9.10. The first kappa shape index (κ1) is 11.8. The molecule has 0 radical (unpaired) electrons. The van der Waals surface area contributed by atoms with Gasteiger partial charge in [-0.3, -0.25) is 4.99 Å².